The number of carbonyl (C=O) groups excluding carboxylic acids is 1. The summed E-state index contributed by atoms with van der Waals surface area (Å²) in [5.74, 6) is -0.870. The van der Waals surface area contributed by atoms with Crippen LogP contribution in [0.1, 0.15) is 36.0 Å². The van der Waals surface area contributed by atoms with Crippen molar-refractivity contribution in [1.82, 2.24) is 0 Å². The van der Waals surface area contributed by atoms with Crippen molar-refractivity contribution in [3.63, 3.8) is 0 Å². The van der Waals surface area contributed by atoms with E-state index in [1.807, 2.05) is 0 Å². The number of halogens is 1. The van der Waals surface area contributed by atoms with Crippen molar-refractivity contribution in [3.8, 4) is 5.75 Å². The molecule has 0 heterocycles. The molecule has 5 heteroatoms. The number of benzene rings is 1. The zero-order valence-electron chi connectivity index (χ0n) is 11.7. The summed E-state index contributed by atoms with van der Waals surface area (Å²) in [6.07, 6.45) is 3.31. The van der Waals surface area contributed by atoms with Gasteiger partial charge in [-0.2, -0.15) is 0 Å². The van der Waals surface area contributed by atoms with E-state index in [1.165, 1.54) is 19.2 Å². The van der Waals surface area contributed by atoms with Crippen molar-refractivity contribution >= 4 is 5.97 Å². The normalized spacial score (nSPS) is 22.4. The molecule has 110 valence electrons. The van der Waals surface area contributed by atoms with Gasteiger partial charge in [0.25, 0.3) is 0 Å². The number of methoxy groups -OCH3 is 2. The summed E-state index contributed by atoms with van der Waals surface area (Å²) in [5.41, 5.74) is -0.0559. The maximum absolute atomic E-state index is 13.8. The molecule has 1 saturated carbocycles. The second-order valence-corrected chi connectivity index (χ2v) is 4.89. The highest BCUT2D eigenvalue weighted by atomic mass is 19.1. The number of hydrogen-bond donors (Lipinski definition) is 0. The predicted molar refractivity (Wildman–Crippen MR) is 71.4 cm³/mol. The number of ether oxygens (including phenoxy) is 3. The van der Waals surface area contributed by atoms with Gasteiger partial charge < -0.3 is 14.2 Å². The summed E-state index contributed by atoms with van der Waals surface area (Å²) in [6, 6.07) is 4.11. The predicted octanol–water partition coefficient (Wildman–Crippen LogP) is 2.95. The molecular formula is C15H19FO4. The molecule has 0 unspecified atom stereocenters. The molecule has 0 N–H and O–H groups in total. The van der Waals surface area contributed by atoms with E-state index in [0.717, 1.165) is 25.7 Å². The first-order valence-electron chi connectivity index (χ1n) is 6.71. The lowest BCUT2D eigenvalue weighted by atomic mass is 9.95. The first-order chi connectivity index (χ1) is 9.63. The van der Waals surface area contributed by atoms with Gasteiger partial charge in [0.05, 0.1) is 18.8 Å². The summed E-state index contributed by atoms with van der Waals surface area (Å²) >= 11 is 0. The second-order valence-electron chi connectivity index (χ2n) is 4.89. The minimum atomic E-state index is -0.625. The number of hydrogen-bond acceptors (Lipinski definition) is 4. The van der Waals surface area contributed by atoms with Gasteiger partial charge in [-0.05, 0) is 37.8 Å². The topological polar surface area (TPSA) is 44.8 Å². The minimum absolute atomic E-state index is 0.0559. The largest absolute Gasteiger partial charge is 0.497 e. The molecule has 1 aliphatic carbocycles. The van der Waals surface area contributed by atoms with Crippen molar-refractivity contribution in [3.05, 3.63) is 29.6 Å². The van der Waals surface area contributed by atoms with Crippen LogP contribution in [0.15, 0.2) is 18.2 Å². The maximum atomic E-state index is 13.8. The molecule has 20 heavy (non-hydrogen) atoms. The highest BCUT2D eigenvalue weighted by Gasteiger charge is 2.25. The fourth-order valence-electron chi connectivity index (χ4n) is 2.39. The molecule has 1 fully saturated rings. The summed E-state index contributed by atoms with van der Waals surface area (Å²) in [4.78, 5) is 12.0. The molecule has 0 bridgehead atoms. The fourth-order valence-corrected chi connectivity index (χ4v) is 2.39. The van der Waals surface area contributed by atoms with Gasteiger partial charge in [-0.15, -0.1) is 0 Å². The van der Waals surface area contributed by atoms with Crippen LogP contribution in [-0.4, -0.2) is 32.4 Å². The van der Waals surface area contributed by atoms with Crippen LogP contribution in [0.25, 0.3) is 0 Å². The Labute approximate surface area is 117 Å². The summed E-state index contributed by atoms with van der Waals surface area (Å²) in [7, 11) is 3.13. The standard InChI is InChI=1S/C15H19FO4/c1-18-10-3-5-11(6-4-10)20-15(17)13-8-7-12(19-2)9-14(13)16/h7-11H,3-6H2,1-2H3. The van der Waals surface area contributed by atoms with E-state index in [-0.39, 0.29) is 17.8 Å². The van der Waals surface area contributed by atoms with E-state index in [2.05, 4.69) is 0 Å². The molecule has 0 atom stereocenters. The van der Waals surface area contributed by atoms with Crippen LogP contribution in [0.4, 0.5) is 4.39 Å². The van der Waals surface area contributed by atoms with E-state index >= 15 is 0 Å². The average molecular weight is 282 g/mol. The van der Waals surface area contributed by atoms with Crippen LogP contribution in [0.5, 0.6) is 5.75 Å². The fraction of sp³-hybridized carbons (Fsp3) is 0.533. The number of esters is 1. The molecule has 0 radical (unpaired) electrons. The van der Waals surface area contributed by atoms with E-state index < -0.39 is 11.8 Å². The third-order valence-corrected chi connectivity index (χ3v) is 3.62. The average Bonchev–Trinajstić information content (AvgIpc) is 2.47. The third-order valence-electron chi connectivity index (χ3n) is 3.62. The summed E-state index contributed by atoms with van der Waals surface area (Å²) < 4.78 is 29.3. The Morgan fingerprint density at radius 3 is 2.35 bits per heavy atom. The highest BCUT2D eigenvalue weighted by Crippen LogP contribution is 2.25. The lowest BCUT2D eigenvalue weighted by Crippen LogP contribution is -2.28. The van der Waals surface area contributed by atoms with Gasteiger partial charge in [0.1, 0.15) is 17.7 Å². The van der Waals surface area contributed by atoms with Crippen LogP contribution in [0.3, 0.4) is 0 Å². The lowest BCUT2D eigenvalue weighted by Gasteiger charge is -2.27. The molecule has 0 saturated heterocycles. The molecule has 2 rings (SSSR count). The zero-order chi connectivity index (χ0) is 14.5. The monoisotopic (exact) mass is 282 g/mol. The van der Waals surface area contributed by atoms with Crippen molar-refractivity contribution in [2.24, 2.45) is 0 Å². The van der Waals surface area contributed by atoms with Crippen LogP contribution in [-0.2, 0) is 9.47 Å². The van der Waals surface area contributed by atoms with Gasteiger partial charge in [0.2, 0.25) is 0 Å². The highest BCUT2D eigenvalue weighted by molar-refractivity contribution is 5.90. The molecule has 0 amide bonds. The Balaban J connectivity index is 1.95. The first-order valence-corrected chi connectivity index (χ1v) is 6.71. The van der Waals surface area contributed by atoms with Crippen LogP contribution >= 0.6 is 0 Å². The molecule has 1 aromatic rings. The summed E-state index contributed by atoms with van der Waals surface area (Å²) in [6.45, 7) is 0. The Morgan fingerprint density at radius 2 is 1.80 bits per heavy atom. The van der Waals surface area contributed by atoms with Crippen LogP contribution in [0, 0.1) is 5.82 Å². The van der Waals surface area contributed by atoms with E-state index in [0.29, 0.717) is 5.75 Å². The Morgan fingerprint density at radius 1 is 1.15 bits per heavy atom. The molecule has 0 aliphatic heterocycles. The van der Waals surface area contributed by atoms with Gasteiger partial charge in [0, 0.05) is 13.2 Å². The van der Waals surface area contributed by atoms with E-state index in [1.54, 1.807) is 13.2 Å². The zero-order valence-corrected chi connectivity index (χ0v) is 11.7. The smallest absolute Gasteiger partial charge is 0.341 e. The molecule has 0 aromatic heterocycles. The maximum Gasteiger partial charge on any atom is 0.341 e. The minimum Gasteiger partial charge on any atom is -0.497 e. The molecular weight excluding hydrogens is 263 g/mol. The SMILES string of the molecule is COc1ccc(C(=O)OC2CCC(OC)CC2)c(F)c1. The quantitative estimate of drug-likeness (QED) is 0.796. The van der Waals surface area contributed by atoms with E-state index in [4.69, 9.17) is 14.2 Å². The molecule has 1 aromatic carbocycles. The number of rotatable bonds is 4. The Kier molecular flexibility index (Phi) is 4.95. The van der Waals surface area contributed by atoms with Crippen molar-refractivity contribution < 1.29 is 23.4 Å². The van der Waals surface area contributed by atoms with Gasteiger partial charge in [-0.1, -0.05) is 0 Å². The van der Waals surface area contributed by atoms with Gasteiger partial charge in [-0.25, -0.2) is 9.18 Å². The van der Waals surface area contributed by atoms with Gasteiger partial charge in [0.15, 0.2) is 0 Å². The Hall–Kier alpha value is -1.62. The molecule has 4 nitrogen and oxygen atoms in total. The summed E-state index contributed by atoms with van der Waals surface area (Å²) in [5, 5.41) is 0. The lowest BCUT2D eigenvalue weighted by molar-refractivity contribution is -0.00571. The number of carbonyl (C=O) groups is 1. The second kappa shape index (κ2) is 6.70. The van der Waals surface area contributed by atoms with Crippen molar-refractivity contribution in [2.75, 3.05) is 14.2 Å². The van der Waals surface area contributed by atoms with Crippen molar-refractivity contribution in [2.45, 2.75) is 37.9 Å². The van der Waals surface area contributed by atoms with Crippen molar-refractivity contribution in [1.29, 1.82) is 0 Å². The molecule has 0 spiro atoms. The Bertz CT molecular complexity index is 467. The van der Waals surface area contributed by atoms with Gasteiger partial charge >= 0.3 is 5.97 Å². The van der Waals surface area contributed by atoms with Crippen LogP contribution in [0.2, 0.25) is 0 Å². The van der Waals surface area contributed by atoms with Crippen LogP contribution < -0.4 is 4.74 Å². The first kappa shape index (κ1) is 14.8. The van der Waals surface area contributed by atoms with Gasteiger partial charge in [-0.3, -0.25) is 0 Å². The van der Waals surface area contributed by atoms with E-state index in [9.17, 15) is 9.18 Å². The third kappa shape index (κ3) is 3.48. The molecule has 1 aliphatic rings.